The molecular weight excluding hydrogens is 388 g/mol. The Labute approximate surface area is 173 Å². The number of carbonyl (C=O) groups excluding carboxylic acids is 1. The lowest BCUT2D eigenvalue weighted by Gasteiger charge is -2.26. The number of hydrogen-bond donors (Lipinski definition) is 1. The first-order valence-electron chi connectivity index (χ1n) is 10.4. The van der Waals surface area contributed by atoms with Crippen LogP contribution in [0.1, 0.15) is 40.8 Å². The quantitative estimate of drug-likeness (QED) is 0.642. The van der Waals surface area contributed by atoms with Gasteiger partial charge in [0.05, 0.1) is 18.6 Å². The number of carbonyl (C=O) groups is 1. The number of rotatable bonds is 5. The fourth-order valence-electron chi connectivity index (χ4n) is 4.25. The van der Waals surface area contributed by atoms with Crippen molar-refractivity contribution in [3.05, 3.63) is 22.6 Å². The molecule has 0 bridgehead atoms. The molecule has 3 aromatic heterocycles. The van der Waals surface area contributed by atoms with Crippen LogP contribution in [-0.4, -0.2) is 69.8 Å². The molecule has 8 nitrogen and oxygen atoms in total. The van der Waals surface area contributed by atoms with E-state index in [1.54, 1.807) is 22.2 Å². The average molecular weight is 415 g/mol. The van der Waals surface area contributed by atoms with Gasteiger partial charge in [0.25, 0.3) is 5.91 Å². The first-order chi connectivity index (χ1) is 14.2. The van der Waals surface area contributed by atoms with E-state index in [-0.39, 0.29) is 11.7 Å². The van der Waals surface area contributed by atoms with E-state index in [0.717, 1.165) is 68.0 Å². The van der Waals surface area contributed by atoms with Gasteiger partial charge in [0.1, 0.15) is 11.2 Å². The van der Waals surface area contributed by atoms with Crippen LogP contribution in [0.15, 0.2) is 6.33 Å². The Balaban J connectivity index is 1.31. The van der Waals surface area contributed by atoms with Gasteiger partial charge in [0, 0.05) is 24.5 Å². The largest absolute Gasteiger partial charge is 0.379 e. The first kappa shape index (κ1) is 18.9. The SMILES string of the molecule is CC1CCc2sc3ncn4nc(C(=O)NCCCN5CCOCC5)nc4c3c2C1. The first-order valence-corrected chi connectivity index (χ1v) is 11.2. The van der Waals surface area contributed by atoms with Crippen LogP contribution >= 0.6 is 11.3 Å². The van der Waals surface area contributed by atoms with Gasteiger partial charge >= 0.3 is 0 Å². The number of morpholine rings is 1. The summed E-state index contributed by atoms with van der Waals surface area (Å²) in [4.78, 5) is 26.5. The summed E-state index contributed by atoms with van der Waals surface area (Å²) in [7, 11) is 0. The molecule has 1 aliphatic heterocycles. The van der Waals surface area contributed by atoms with E-state index < -0.39 is 0 Å². The molecule has 1 aliphatic carbocycles. The van der Waals surface area contributed by atoms with Crippen LogP contribution in [-0.2, 0) is 17.6 Å². The fourth-order valence-corrected chi connectivity index (χ4v) is 5.43. The van der Waals surface area contributed by atoms with Crippen molar-refractivity contribution in [2.45, 2.75) is 32.6 Å². The molecule has 2 aliphatic rings. The Kier molecular flexibility index (Phi) is 5.19. The van der Waals surface area contributed by atoms with Crippen LogP contribution in [0, 0.1) is 5.92 Å². The van der Waals surface area contributed by atoms with Gasteiger partial charge in [-0.3, -0.25) is 9.69 Å². The molecule has 1 unspecified atom stereocenters. The third kappa shape index (κ3) is 3.74. The normalized spacial score (nSPS) is 20.2. The van der Waals surface area contributed by atoms with Crippen molar-refractivity contribution in [1.82, 2.24) is 29.8 Å². The van der Waals surface area contributed by atoms with Gasteiger partial charge in [-0.15, -0.1) is 16.4 Å². The van der Waals surface area contributed by atoms with Crippen LogP contribution in [0.4, 0.5) is 0 Å². The summed E-state index contributed by atoms with van der Waals surface area (Å²) in [5, 5.41) is 8.43. The number of fused-ring (bicyclic) bond motifs is 5. The Morgan fingerprint density at radius 2 is 2.24 bits per heavy atom. The van der Waals surface area contributed by atoms with E-state index in [1.807, 2.05) is 0 Å². The maximum atomic E-state index is 12.6. The van der Waals surface area contributed by atoms with Crippen molar-refractivity contribution < 1.29 is 9.53 Å². The van der Waals surface area contributed by atoms with Crippen molar-refractivity contribution in [3.8, 4) is 0 Å². The highest BCUT2D eigenvalue weighted by atomic mass is 32.1. The Hall–Kier alpha value is -2.10. The van der Waals surface area contributed by atoms with E-state index in [4.69, 9.17) is 4.74 Å². The summed E-state index contributed by atoms with van der Waals surface area (Å²) in [6.45, 7) is 7.40. The average Bonchev–Trinajstić information content (AvgIpc) is 3.32. The molecular formula is C20H26N6O2S. The Bertz CT molecular complexity index is 1040. The minimum absolute atomic E-state index is 0.217. The van der Waals surface area contributed by atoms with Crippen LogP contribution in [0.2, 0.25) is 0 Å². The molecule has 5 rings (SSSR count). The molecule has 0 radical (unpaired) electrons. The topological polar surface area (TPSA) is 84.7 Å². The number of aryl methyl sites for hydroxylation is 1. The van der Waals surface area contributed by atoms with Gasteiger partial charge in [0.15, 0.2) is 5.65 Å². The fraction of sp³-hybridized carbons (Fsp3) is 0.600. The summed E-state index contributed by atoms with van der Waals surface area (Å²) in [5.41, 5.74) is 2.10. The minimum atomic E-state index is -0.221. The van der Waals surface area contributed by atoms with Crippen LogP contribution in [0.5, 0.6) is 0 Å². The number of nitrogens with one attached hydrogen (secondary N) is 1. The highest BCUT2D eigenvalue weighted by Crippen LogP contribution is 2.38. The molecule has 0 spiro atoms. The number of aromatic nitrogens is 4. The predicted octanol–water partition coefficient (Wildman–Crippen LogP) is 1.92. The maximum absolute atomic E-state index is 12.6. The monoisotopic (exact) mass is 414 g/mol. The van der Waals surface area contributed by atoms with Gasteiger partial charge in [-0.2, -0.15) is 0 Å². The molecule has 154 valence electrons. The van der Waals surface area contributed by atoms with Gasteiger partial charge < -0.3 is 10.1 Å². The number of thiophene rings is 1. The lowest BCUT2D eigenvalue weighted by atomic mass is 9.89. The summed E-state index contributed by atoms with van der Waals surface area (Å²) in [5.74, 6) is 0.661. The zero-order valence-corrected chi connectivity index (χ0v) is 17.5. The van der Waals surface area contributed by atoms with Crippen molar-refractivity contribution in [2.75, 3.05) is 39.4 Å². The molecule has 1 saturated heterocycles. The highest BCUT2D eigenvalue weighted by molar-refractivity contribution is 7.19. The van der Waals surface area contributed by atoms with Gasteiger partial charge in [-0.05, 0) is 43.7 Å². The van der Waals surface area contributed by atoms with E-state index >= 15 is 0 Å². The summed E-state index contributed by atoms with van der Waals surface area (Å²) in [6, 6.07) is 0. The zero-order valence-electron chi connectivity index (χ0n) is 16.7. The molecule has 4 heterocycles. The van der Waals surface area contributed by atoms with Gasteiger partial charge in [-0.1, -0.05) is 6.92 Å². The molecule has 0 saturated carbocycles. The molecule has 1 atom stereocenters. The van der Waals surface area contributed by atoms with Crippen molar-refractivity contribution in [2.24, 2.45) is 5.92 Å². The molecule has 0 aromatic carbocycles. The number of nitrogens with zero attached hydrogens (tertiary/aromatic N) is 5. The smallest absolute Gasteiger partial charge is 0.290 e. The van der Waals surface area contributed by atoms with E-state index in [9.17, 15) is 4.79 Å². The van der Waals surface area contributed by atoms with Crippen molar-refractivity contribution >= 4 is 33.1 Å². The van der Waals surface area contributed by atoms with E-state index in [1.165, 1.54) is 16.9 Å². The second-order valence-corrected chi connectivity index (χ2v) is 9.13. The zero-order chi connectivity index (χ0) is 19.8. The number of hydrogen-bond acceptors (Lipinski definition) is 7. The summed E-state index contributed by atoms with van der Waals surface area (Å²) >= 11 is 1.76. The van der Waals surface area contributed by atoms with E-state index in [2.05, 4.69) is 32.2 Å². The minimum Gasteiger partial charge on any atom is -0.379 e. The molecule has 1 N–H and O–H groups in total. The highest BCUT2D eigenvalue weighted by Gasteiger charge is 2.24. The lowest BCUT2D eigenvalue weighted by Crippen LogP contribution is -2.38. The molecule has 3 aromatic rings. The molecule has 9 heteroatoms. The second kappa shape index (κ2) is 7.97. The molecule has 1 amide bonds. The van der Waals surface area contributed by atoms with Crippen molar-refractivity contribution in [3.63, 3.8) is 0 Å². The lowest BCUT2D eigenvalue weighted by molar-refractivity contribution is 0.0374. The maximum Gasteiger partial charge on any atom is 0.290 e. The number of amides is 1. The third-order valence-corrected chi connectivity index (χ3v) is 7.07. The number of ether oxygens (including phenoxy) is 1. The van der Waals surface area contributed by atoms with Gasteiger partial charge in [0.2, 0.25) is 5.82 Å². The second-order valence-electron chi connectivity index (χ2n) is 8.04. The van der Waals surface area contributed by atoms with Crippen LogP contribution in [0.25, 0.3) is 15.9 Å². The van der Waals surface area contributed by atoms with Gasteiger partial charge in [-0.25, -0.2) is 14.5 Å². The summed E-state index contributed by atoms with van der Waals surface area (Å²) < 4.78 is 7.01. The third-order valence-electron chi connectivity index (χ3n) is 5.87. The Morgan fingerprint density at radius 1 is 1.38 bits per heavy atom. The molecule has 1 fully saturated rings. The van der Waals surface area contributed by atoms with Crippen LogP contribution in [0.3, 0.4) is 0 Å². The van der Waals surface area contributed by atoms with Crippen molar-refractivity contribution in [1.29, 1.82) is 0 Å². The molecule has 29 heavy (non-hydrogen) atoms. The van der Waals surface area contributed by atoms with E-state index in [0.29, 0.717) is 12.5 Å². The Morgan fingerprint density at radius 3 is 3.10 bits per heavy atom. The standard InChI is InChI=1S/C20H26N6O2S/c1-13-3-4-15-14(11-13)16-18-23-17(24-26(18)12-22-20(16)29-15)19(27)21-5-2-6-25-7-9-28-10-8-25/h12-13H,2-11H2,1H3,(H,21,27). The predicted molar refractivity (Wildman–Crippen MR) is 112 cm³/mol. The summed E-state index contributed by atoms with van der Waals surface area (Å²) in [6.07, 6.45) is 5.95. The van der Waals surface area contributed by atoms with Crippen LogP contribution < -0.4 is 5.32 Å².